The predicted octanol–water partition coefficient (Wildman–Crippen LogP) is 4.78. The maximum absolute atomic E-state index is 12.1. The zero-order valence-electron chi connectivity index (χ0n) is 30.7. The van der Waals surface area contributed by atoms with Crippen LogP contribution in [0.3, 0.4) is 0 Å². The number of rotatable bonds is 23. The molecule has 0 atom stereocenters. The van der Waals surface area contributed by atoms with E-state index in [1.54, 1.807) is 0 Å². The minimum Gasteiger partial charge on any atom is -0.494 e. The highest BCUT2D eigenvalue weighted by molar-refractivity contribution is 5.81. The molecule has 2 N–H and O–H groups in total. The van der Waals surface area contributed by atoms with E-state index in [9.17, 15) is 19.2 Å². The van der Waals surface area contributed by atoms with E-state index in [1.807, 2.05) is 24.3 Å². The third-order valence-electron chi connectivity index (χ3n) is 9.07. The van der Waals surface area contributed by atoms with Crippen molar-refractivity contribution in [1.82, 2.24) is 20.4 Å². The van der Waals surface area contributed by atoms with Crippen molar-refractivity contribution in [3.8, 4) is 11.5 Å². The van der Waals surface area contributed by atoms with Crippen LogP contribution in [0.1, 0.15) is 88.2 Å². The minimum atomic E-state index is -0.509. The molecule has 0 bridgehead atoms. The third-order valence-corrected chi connectivity index (χ3v) is 9.07. The van der Waals surface area contributed by atoms with E-state index in [0.717, 1.165) is 50.8 Å². The van der Waals surface area contributed by atoms with E-state index in [2.05, 4.69) is 44.7 Å². The number of esters is 2. The summed E-state index contributed by atoms with van der Waals surface area (Å²) < 4.78 is 21.8. The third kappa shape index (κ3) is 17.4. The summed E-state index contributed by atoms with van der Waals surface area (Å²) >= 11 is 0. The van der Waals surface area contributed by atoms with E-state index >= 15 is 0 Å². The van der Waals surface area contributed by atoms with Gasteiger partial charge in [-0.1, -0.05) is 37.1 Å². The van der Waals surface area contributed by atoms with Crippen LogP contribution in [0.15, 0.2) is 48.5 Å². The molecule has 12 nitrogen and oxygen atoms in total. The van der Waals surface area contributed by atoms with Gasteiger partial charge in [0.05, 0.1) is 13.2 Å². The van der Waals surface area contributed by atoms with Crippen LogP contribution >= 0.6 is 0 Å². The Labute approximate surface area is 308 Å². The Bertz CT molecular complexity index is 1270. The lowest BCUT2D eigenvalue weighted by Crippen LogP contribution is -2.30. The molecule has 0 unspecified atom stereocenters. The Balaban J connectivity index is 0.927. The van der Waals surface area contributed by atoms with Crippen molar-refractivity contribution in [2.45, 2.75) is 90.1 Å². The number of nitrogens with zero attached hydrogens (tertiary/aromatic N) is 2. The van der Waals surface area contributed by atoms with Gasteiger partial charge in [-0.15, -0.1) is 0 Å². The van der Waals surface area contributed by atoms with Gasteiger partial charge in [-0.3, -0.25) is 29.0 Å². The van der Waals surface area contributed by atoms with Crippen LogP contribution in [-0.2, 0) is 41.7 Å². The van der Waals surface area contributed by atoms with Gasteiger partial charge in [0.2, 0.25) is 0 Å². The molecule has 52 heavy (non-hydrogen) atoms. The van der Waals surface area contributed by atoms with Crippen molar-refractivity contribution in [1.29, 1.82) is 0 Å². The molecular formula is C40H58N4O8. The molecule has 2 saturated heterocycles. The molecule has 4 rings (SSSR count). The lowest BCUT2D eigenvalue weighted by Gasteiger charge is -2.26. The number of piperidine rings is 2. The molecule has 0 radical (unpaired) electrons. The van der Waals surface area contributed by atoms with Crippen molar-refractivity contribution < 1.29 is 38.1 Å². The number of carbonyl (C=O) groups is 4. The summed E-state index contributed by atoms with van der Waals surface area (Å²) in [7, 11) is 0. The number of amides is 2. The summed E-state index contributed by atoms with van der Waals surface area (Å²) in [6.07, 6.45) is 9.89. The van der Waals surface area contributed by atoms with Crippen LogP contribution in [0.5, 0.6) is 11.5 Å². The van der Waals surface area contributed by atoms with E-state index in [1.165, 1.54) is 49.7 Å². The molecule has 2 aliphatic heterocycles. The Hall–Kier alpha value is -4.16. The fourth-order valence-electron chi connectivity index (χ4n) is 6.28. The van der Waals surface area contributed by atoms with E-state index < -0.39 is 11.9 Å². The van der Waals surface area contributed by atoms with Crippen LogP contribution in [0, 0.1) is 0 Å². The number of nitrogens with one attached hydrogen (secondary N) is 2. The highest BCUT2D eigenvalue weighted by Gasteiger charge is 2.13. The Morgan fingerprint density at radius 1 is 0.558 bits per heavy atom. The number of benzene rings is 2. The molecule has 0 aromatic heterocycles. The molecule has 0 saturated carbocycles. The SMILES string of the molecule is O=C(COC(=O)CCCCC(=O)OCC(=O)NCCCOc1cccc(CN2CCCCC2)c1)NCCCOc1cccc(CN2CCCCC2)c1. The average Bonchev–Trinajstić information content (AvgIpc) is 3.16. The van der Waals surface area contributed by atoms with Gasteiger partial charge in [0.15, 0.2) is 13.2 Å². The maximum Gasteiger partial charge on any atom is 0.306 e. The normalized spacial score (nSPS) is 15.0. The second-order valence-electron chi connectivity index (χ2n) is 13.6. The Morgan fingerprint density at radius 2 is 0.981 bits per heavy atom. The summed E-state index contributed by atoms with van der Waals surface area (Å²) in [5.74, 6) is -0.128. The van der Waals surface area contributed by atoms with Crippen LogP contribution in [0.4, 0.5) is 0 Å². The van der Waals surface area contributed by atoms with Gasteiger partial charge in [0.25, 0.3) is 11.8 Å². The molecule has 0 spiro atoms. The average molecular weight is 723 g/mol. The summed E-state index contributed by atoms with van der Waals surface area (Å²) in [6.45, 7) is 7.50. The quantitative estimate of drug-likeness (QED) is 0.122. The molecule has 2 amide bonds. The number of unbranched alkanes of at least 4 members (excludes halogenated alkanes) is 1. The summed E-state index contributed by atoms with van der Waals surface area (Å²) in [4.78, 5) is 53.1. The fourth-order valence-corrected chi connectivity index (χ4v) is 6.28. The molecule has 2 fully saturated rings. The summed E-state index contributed by atoms with van der Waals surface area (Å²) in [5.41, 5.74) is 2.48. The van der Waals surface area contributed by atoms with Gasteiger partial charge in [-0.2, -0.15) is 0 Å². The van der Waals surface area contributed by atoms with Crippen molar-refractivity contribution >= 4 is 23.8 Å². The highest BCUT2D eigenvalue weighted by Crippen LogP contribution is 2.19. The standard InChI is InChI=1S/C40H58N4O8/c45-37(41-19-11-25-49-35-15-9-13-33(27-35)29-43-21-5-1-6-22-43)31-51-39(47)17-3-4-18-40(48)52-32-38(46)42-20-12-26-50-36-16-10-14-34(28-36)30-44-23-7-2-8-24-44/h9-10,13-16,27-28H,1-8,11-12,17-26,29-32H2,(H,41,45)(H,42,46). The Kier molecular flexibility index (Phi) is 18.9. The summed E-state index contributed by atoms with van der Waals surface area (Å²) in [6, 6.07) is 16.3. The number of hydrogen-bond donors (Lipinski definition) is 2. The number of likely N-dealkylation sites (tertiary alicyclic amines) is 2. The van der Waals surface area contributed by atoms with Crippen LogP contribution in [-0.4, -0.2) is 99.2 Å². The van der Waals surface area contributed by atoms with Crippen molar-refractivity contribution in [3.63, 3.8) is 0 Å². The minimum absolute atomic E-state index is 0.0799. The molecular weight excluding hydrogens is 664 g/mol. The van der Waals surface area contributed by atoms with Gasteiger partial charge in [0.1, 0.15) is 11.5 Å². The smallest absolute Gasteiger partial charge is 0.306 e. The monoisotopic (exact) mass is 722 g/mol. The first kappa shape index (κ1) is 40.6. The molecule has 2 aromatic carbocycles. The van der Waals surface area contributed by atoms with E-state index in [4.69, 9.17) is 18.9 Å². The molecule has 0 aliphatic carbocycles. The van der Waals surface area contributed by atoms with Gasteiger partial charge in [-0.25, -0.2) is 0 Å². The molecule has 12 heteroatoms. The zero-order chi connectivity index (χ0) is 36.6. The predicted molar refractivity (Wildman–Crippen MR) is 198 cm³/mol. The zero-order valence-corrected chi connectivity index (χ0v) is 30.7. The second-order valence-corrected chi connectivity index (χ2v) is 13.6. The van der Waals surface area contributed by atoms with Gasteiger partial charge < -0.3 is 29.6 Å². The number of carbonyl (C=O) groups excluding carboxylic acids is 4. The first-order valence-electron chi connectivity index (χ1n) is 19.2. The van der Waals surface area contributed by atoms with Gasteiger partial charge in [0, 0.05) is 39.0 Å². The lowest BCUT2D eigenvalue weighted by atomic mass is 10.1. The summed E-state index contributed by atoms with van der Waals surface area (Å²) in [5, 5.41) is 5.46. The topological polar surface area (TPSA) is 136 Å². The Morgan fingerprint density at radius 3 is 1.40 bits per heavy atom. The van der Waals surface area contributed by atoms with Crippen LogP contribution < -0.4 is 20.1 Å². The molecule has 2 aromatic rings. The van der Waals surface area contributed by atoms with Crippen molar-refractivity contribution in [2.75, 3.05) is 65.7 Å². The van der Waals surface area contributed by atoms with E-state index in [-0.39, 0.29) is 37.9 Å². The largest absolute Gasteiger partial charge is 0.494 e. The first-order chi connectivity index (χ1) is 25.4. The molecule has 286 valence electrons. The number of hydrogen-bond acceptors (Lipinski definition) is 10. The van der Waals surface area contributed by atoms with Crippen molar-refractivity contribution in [2.24, 2.45) is 0 Å². The second kappa shape index (κ2) is 24.2. The molecule has 2 heterocycles. The van der Waals surface area contributed by atoms with Crippen molar-refractivity contribution in [3.05, 3.63) is 59.7 Å². The fraction of sp³-hybridized carbons (Fsp3) is 0.600. The highest BCUT2D eigenvalue weighted by atomic mass is 16.5. The van der Waals surface area contributed by atoms with E-state index in [0.29, 0.717) is 52.0 Å². The van der Waals surface area contributed by atoms with Gasteiger partial charge >= 0.3 is 11.9 Å². The van der Waals surface area contributed by atoms with Gasteiger partial charge in [-0.05, 0) is 113 Å². The van der Waals surface area contributed by atoms with Crippen LogP contribution in [0.25, 0.3) is 0 Å². The maximum atomic E-state index is 12.1. The molecule has 2 aliphatic rings. The van der Waals surface area contributed by atoms with Crippen LogP contribution in [0.2, 0.25) is 0 Å². The lowest BCUT2D eigenvalue weighted by molar-refractivity contribution is -0.149. The first-order valence-corrected chi connectivity index (χ1v) is 19.2. The number of ether oxygens (including phenoxy) is 4.